The fourth-order valence-corrected chi connectivity index (χ4v) is 4.52. The molecule has 0 aromatic heterocycles. The van der Waals surface area contributed by atoms with Crippen molar-refractivity contribution in [1.82, 2.24) is 10.2 Å². The lowest BCUT2D eigenvalue weighted by Crippen LogP contribution is -2.51. The fourth-order valence-electron chi connectivity index (χ4n) is 3.48. The quantitative estimate of drug-likeness (QED) is 0.497. The topological polar surface area (TPSA) is 105 Å². The van der Waals surface area contributed by atoms with E-state index < -0.39 is 28.5 Å². The zero-order valence-corrected chi connectivity index (χ0v) is 21.4. The molecular weight excluding hydrogens is 482 g/mol. The molecule has 9 nitrogen and oxygen atoms in total. The molecule has 2 rings (SSSR count). The number of hydrogen-bond acceptors (Lipinski definition) is 6. The Morgan fingerprint density at radius 1 is 1.12 bits per heavy atom. The highest BCUT2D eigenvalue weighted by Crippen LogP contribution is 2.34. The molecule has 2 aromatic carbocycles. The van der Waals surface area contributed by atoms with Crippen molar-refractivity contribution in [2.45, 2.75) is 25.9 Å². The Bertz CT molecular complexity index is 1130. The number of halogens is 1. The standard InChI is InChI=1S/C23H30ClN3O6S/c1-6-19(23(29)25-2)26(14-16-9-7-8-10-18(16)24)22(28)15-27(34(5,30)31)20-13-17(32-3)11-12-21(20)33-4/h7-13,19H,6,14-15H2,1-5H3,(H,25,29). The first-order chi connectivity index (χ1) is 16.1. The molecule has 0 aliphatic heterocycles. The number of nitrogens with one attached hydrogen (secondary N) is 1. The van der Waals surface area contributed by atoms with Crippen molar-refractivity contribution in [3.63, 3.8) is 0 Å². The molecule has 0 radical (unpaired) electrons. The molecule has 11 heteroatoms. The largest absolute Gasteiger partial charge is 0.497 e. The van der Waals surface area contributed by atoms with Crippen molar-refractivity contribution >= 4 is 39.1 Å². The summed E-state index contributed by atoms with van der Waals surface area (Å²) in [5, 5.41) is 3.00. The van der Waals surface area contributed by atoms with E-state index in [4.69, 9.17) is 21.1 Å². The Morgan fingerprint density at radius 2 is 1.79 bits per heavy atom. The van der Waals surface area contributed by atoms with E-state index in [1.165, 1.54) is 32.2 Å². The highest BCUT2D eigenvalue weighted by atomic mass is 35.5. The van der Waals surface area contributed by atoms with Crippen LogP contribution in [0.15, 0.2) is 42.5 Å². The molecule has 0 saturated carbocycles. The van der Waals surface area contributed by atoms with Crippen molar-refractivity contribution < 1.29 is 27.5 Å². The molecule has 0 heterocycles. The van der Waals surface area contributed by atoms with Gasteiger partial charge in [0.1, 0.15) is 24.1 Å². The summed E-state index contributed by atoms with van der Waals surface area (Å²) in [4.78, 5) is 27.5. The first-order valence-corrected chi connectivity index (χ1v) is 12.7. The van der Waals surface area contributed by atoms with Crippen LogP contribution in [-0.2, 0) is 26.2 Å². The van der Waals surface area contributed by atoms with Crippen molar-refractivity contribution in [2.75, 3.05) is 38.4 Å². The highest BCUT2D eigenvalue weighted by Gasteiger charge is 2.32. The molecule has 0 bridgehead atoms. The van der Waals surface area contributed by atoms with Crippen molar-refractivity contribution in [2.24, 2.45) is 0 Å². The van der Waals surface area contributed by atoms with E-state index >= 15 is 0 Å². The summed E-state index contributed by atoms with van der Waals surface area (Å²) >= 11 is 6.31. The van der Waals surface area contributed by atoms with Crippen LogP contribution in [-0.4, -0.2) is 65.2 Å². The maximum absolute atomic E-state index is 13.6. The number of methoxy groups -OCH3 is 2. The summed E-state index contributed by atoms with van der Waals surface area (Å²) in [7, 11) is 0.405. The first kappa shape index (κ1) is 27.3. The number of rotatable bonds is 11. The van der Waals surface area contributed by atoms with Gasteiger partial charge in [-0.15, -0.1) is 0 Å². The number of amides is 2. The van der Waals surface area contributed by atoms with Crippen LogP contribution in [0.3, 0.4) is 0 Å². The van der Waals surface area contributed by atoms with Crippen LogP contribution in [0.5, 0.6) is 11.5 Å². The molecule has 1 atom stereocenters. The van der Waals surface area contributed by atoms with Gasteiger partial charge < -0.3 is 19.7 Å². The third-order valence-electron chi connectivity index (χ3n) is 5.26. The van der Waals surface area contributed by atoms with E-state index in [0.717, 1.165) is 10.6 Å². The summed E-state index contributed by atoms with van der Waals surface area (Å²) in [5.74, 6) is -0.310. The Labute approximate surface area is 205 Å². The van der Waals surface area contributed by atoms with E-state index in [-0.39, 0.29) is 23.9 Å². The molecule has 0 saturated heterocycles. The third kappa shape index (κ3) is 6.54. The summed E-state index contributed by atoms with van der Waals surface area (Å²) < 4.78 is 37.0. The van der Waals surface area contributed by atoms with Crippen LogP contribution in [0.4, 0.5) is 5.69 Å². The number of anilines is 1. The van der Waals surface area contributed by atoms with Crippen LogP contribution >= 0.6 is 11.6 Å². The molecular formula is C23H30ClN3O6S. The van der Waals surface area contributed by atoms with E-state index in [2.05, 4.69) is 5.32 Å². The Hall–Kier alpha value is -2.98. The Balaban J connectivity index is 2.53. The van der Waals surface area contributed by atoms with Crippen LogP contribution < -0.4 is 19.1 Å². The number of likely N-dealkylation sites (N-methyl/N-ethyl adjacent to an activating group) is 1. The first-order valence-electron chi connectivity index (χ1n) is 10.5. The van der Waals surface area contributed by atoms with Crippen LogP contribution in [0.25, 0.3) is 0 Å². The molecule has 0 fully saturated rings. The molecule has 2 aromatic rings. The van der Waals surface area contributed by atoms with Gasteiger partial charge in [-0.25, -0.2) is 8.42 Å². The molecule has 186 valence electrons. The number of carbonyl (C=O) groups is 2. The number of sulfonamides is 1. The van der Waals surface area contributed by atoms with Gasteiger partial charge in [0.25, 0.3) is 0 Å². The third-order valence-corrected chi connectivity index (χ3v) is 6.76. The number of ether oxygens (including phenoxy) is 2. The lowest BCUT2D eigenvalue weighted by Gasteiger charge is -2.33. The van der Waals surface area contributed by atoms with Gasteiger partial charge in [0.15, 0.2) is 0 Å². The monoisotopic (exact) mass is 511 g/mol. The average molecular weight is 512 g/mol. The van der Waals surface area contributed by atoms with Gasteiger partial charge in [0.05, 0.1) is 26.2 Å². The molecule has 0 spiro atoms. The van der Waals surface area contributed by atoms with Crippen molar-refractivity contribution in [3.8, 4) is 11.5 Å². The zero-order valence-electron chi connectivity index (χ0n) is 19.9. The van der Waals surface area contributed by atoms with Gasteiger partial charge in [-0.05, 0) is 30.2 Å². The average Bonchev–Trinajstić information content (AvgIpc) is 2.81. The van der Waals surface area contributed by atoms with Crippen LogP contribution in [0, 0.1) is 0 Å². The minimum atomic E-state index is -3.92. The molecule has 0 aliphatic rings. The highest BCUT2D eigenvalue weighted by molar-refractivity contribution is 7.92. The van der Waals surface area contributed by atoms with Gasteiger partial charge in [-0.3, -0.25) is 13.9 Å². The SMILES string of the molecule is CCC(C(=O)NC)N(Cc1ccccc1Cl)C(=O)CN(c1cc(OC)ccc1OC)S(C)(=O)=O. The predicted molar refractivity (Wildman–Crippen MR) is 132 cm³/mol. The predicted octanol–water partition coefficient (Wildman–Crippen LogP) is 2.68. The van der Waals surface area contributed by atoms with Gasteiger partial charge in [-0.1, -0.05) is 36.7 Å². The van der Waals surface area contributed by atoms with Gasteiger partial charge in [0.2, 0.25) is 21.8 Å². The van der Waals surface area contributed by atoms with E-state index in [1.807, 2.05) is 0 Å². The molecule has 1 unspecified atom stereocenters. The summed E-state index contributed by atoms with van der Waals surface area (Å²) in [5.41, 5.74) is 0.771. The Kier molecular flexibility index (Phi) is 9.57. The minimum absolute atomic E-state index is 0.0251. The van der Waals surface area contributed by atoms with Gasteiger partial charge >= 0.3 is 0 Å². The van der Waals surface area contributed by atoms with E-state index in [1.54, 1.807) is 43.3 Å². The van der Waals surface area contributed by atoms with Crippen LogP contribution in [0.2, 0.25) is 5.02 Å². The molecule has 1 N–H and O–H groups in total. The molecule has 2 amide bonds. The van der Waals surface area contributed by atoms with Crippen molar-refractivity contribution in [1.29, 1.82) is 0 Å². The molecule has 34 heavy (non-hydrogen) atoms. The molecule has 0 aliphatic carbocycles. The summed E-state index contributed by atoms with van der Waals surface area (Å²) in [6, 6.07) is 10.8. The maximum Gasteiger partial charge on any atom is 0.244 e. The van der Waals surface area contributed by atoms with Crippen LogP contribution in [0.1, 0.15) is 18.9 Å². The van der Waals surface area contributed by atoms with E-state index in [0.29, 0.717) is 22.8 Å². The second-order valence-corrected chi connectivity index (χ2v) is 9.77. The second-order valence-electron chi connectivity index (χ2n) is 7.46. The smallest absolute Gasteiger partial charge is 0.244 e. The Morgan fingerprint density at radius 3 is 2.32 bits per heavy atom. The van der Waals surface area contributed by atoms with E-state index in [9.17, 15) is 18.0 Å². The lowest BCUT2D eigenvalue weighted by atomic mass is 10.1. The number of carbonyl (C=O) groups excluding carboxylic acids is 2. The second kappa shape index (κ2) is 11.9. The maximum atomic E-state index is 13.6. The summed E-state index contributed by atoms with van der Waals surface area (Å²) in [6.07, 6.45) is 1.31. The number of nitrogens with zero attached hydrogens (tertiary/aromatic N) is 2. The van der Waals surface area contributed by atoms with Crippen molar-refractivity contribution in [3.05, 3.63) is 53.1 Å². The normalized spacial score (nSPS) is 11.9. The lowest BCUT2D eigenvalue weighted by molar-refractivity contribution is -0.140. The number of hydrogen-bond donors (Lipinski definition) is 1. The van der Waals surface area contributed by atoms with Gasteiger partial charge in [0, 0.05) is 24.7 Å². The fraction of sp³-hybridized carbons (Fsp3) is 0.391. The zero-order chi connectivity index (χ0) is 25.5. The summed E-state index contributed by atoms with van der Waals surface area (Å²) in [6.45, 7) is 1.24. The number of benzene rings is 2. The minimum Gasteiger partial charge on any atom is -0.497 e. The van der Waals surface area contributed by atoms with Gasteiger partial charge in [-0.2, -0.15) is 0 Å².